The number of rotatable bonds is 5. The van der Waals surface area contributed by atoms with Gasteiger partial charge >= 0.3 is 0 Å². The summed E-state index contributed by atoms with van der Waals surface area (Å²) in [5.41, 5.74) is 0.884. The normalized spacial score (nSPS) is 10.5. The van der Waals surface area contributed by atoms with Crippen molar-refractivity contribution in [3.05, 3.63) is 30.5 Å². The summed E-state index contributed by atoms with van der Waals surface area (Å²) in [5.74, 6) is 1.35. The minimum Gasteiger partial charge on any atom is -0.396 e. The van der Waals surface area contributed by atoms with E-state index in [-0.39, 0.29) is 6.61 Å². The van der Waals surface area contributed by atoms with E-state index in [0.717, 1.165) is 11.5 Å². The van der Waals surface area contributed by atoms with Crippen LogP contribution in [0.25, 0.3) is 5.95 Å². The second-order valence-electron chi connectivity index (χ2n) is 3.67. The molecule has 2 N–H and O–H groups in total. The molecule has 0 bridgehead atoms. The fraction of sp³-hybridized carbons (Fsp3) is 0.364. The molecule has 2 aromatic rings. The molecular weight excluding hydrogens is 218 g/mol. The SMILES string of the molecule is Cc1cc(NCCCO)nc(-n2ccnc2)n1. The van der Waals surface area contributed by atoms with E-state index in [1.807, 2.05) is 13.0 Å². The lowest BCUT2D eigenvalue weighted by molar-refractivity contribution is 0.292. The summed E-state index contributed by atoms with van der Waals surface area (Å²) >= 11 is 0. The monoisotopic (exact) mass is 233 g/mol. The summed E-state index contributed by atoms with van der Waals surface area (Å²) in [6.07, 6.45) is 5.84. The van der Waals surface area contributed by atoms with Gasteiger partial charge in [0.15, 0.2) is 0 Å². The van der Waals surface area contributed by atoms with Gasteiger partial charge in [0, 0.05) is 37.3 Å². The van der Waals surface area contributed by atoms with Crippen LogP contribution in [-0.2, 0) is 0 Å². The lowest BCUT2D eigenvalue weighted by Crippen LogP contribution is -2.08. The van der Waals surface area contributed by atoms with E-state index in [1.54, 1.807) is 23.3 Å². The second kappa shape index (κ2) is 5.40. The lowest BCUT2D eigenvalue weighted by Gasteiger charge is -2.07. The molecule has 0 atom stereocenters. The third-order valence-electron chi connectivity index (χ3n) is 2.22. The van der Waals surface area contributed by atoms with Crippen LogP contribution >= 0.6 is 0 Å². The van der Waals surface area contributed by atoms with E-state index in [0.29, 0.717) is 18.9 Å². The minimum atomic E-state index is 0.172. The molecule has 90 valence electrons. The average Bonchev–Trinajstić information content (AvgIpc) is 2.82. The standard InChI is InChI=1S/C11H15N5O/c1-9-7-10(13-3-2-6-17)15-11(14-9)16-5-4-12-8-16/h4-5,7-8,17H,2-3,6H2,1H3,(H,13,14,15). The molecular formula is C11H15N5O. The maximum absolute atomic E-state index is 8.72. The van der Waals surface area contributed by atoms with Crippen molar-refractivity contribution in [1.82, 2.24) is 19.5 Å². The van der Waals surface area contributed by atoms with Crippen molar-refractivity contribution in [2.24, 2.45) is 0 Å². The highest BCUT2D eigenvalue weighted by atomic mass is 16.3. The van der Waals surface area contributed by atoms with Crippen LogP contribution < -0.4 is 5.32 Å². The van der Waals surface area contributed by atoms with Gasteiger partial charge in [-0.3, -0.25) is 4.57 Å². The minimum absolute atomic E-state index is 0.172. The highest BCUT2D eigenvalue weighted by molar-refractivity contribution is 5.38. The van der Waals surface area contributed by atoms with Crippen molar-refractivity contribution in [2.45, 2.75) is 13.3 Å². The number of nitrogens with zero attached hydrogens (tertiary/aromatic N) is 4. The van der Waals surface area contributed by atoms with Gasteiger partial charge in [0.25, 0.3) is 0 Å². The fourth-order valence-electron chi connectivity index (χ4n) is 1.43. The molecule has 0 spiro atoms. The Hall–Kier alpha value is -1.95. The van der Waals surface area contributed by atoms with Crippen LogP contribution in [0.1, 0.15) is 12.1 Å². The second-order valence-corrected chi connectivity index (χ2v) is 3.67. The zero-order valence-electron chi connectivity index (χ0n) is 9.67. The van der Waals surface area contributed by atoms with Gasteiger partial charge in [-0.25, -0.2) is 9.97 Å². The molecule has 0 radical (unpaired) electrons. The highest BCUT2D eigenvalue weighted by Gasteiger charge is 2.03. The summed E-state index contributed by atoms with van der Waals surface area (Å²) < 4.78 is 1.75. The first-order valence-corrected chi connectivity index (χ1v) is 5.48. The van der Waals surface area contributed by atoms with Crippen molar-refractivity contribution in [1.29, 1.82) is 0 Å². The average molecular weight is 233 g/mol. The molecule has 2 heterocycles. The van der Waals surface area contributed by atoms with Gasteiger partial charge in [-0.15, -0.1) is 0 Å². The Morgan fingerprint density at radius 3 is 3.00 bits per heavy atom. The zero-order chi connectivity index (χ0) is 12.1. The van der Waals surface area contributed by atoms with Crippen molar-refractivity contribution in [3.8, 4) is 5.95 Å². The van der Waals surface area contributed by atoms with Crippen molar-refractivity contribution in [3.63, 3.8) is 0 Å². The predicted molar refractivity (Wildman–Crippen MR) is 64.1 cm³/mol. The molecule has 0 aliphatic heterocycles. The molecule has 0 aliphatic rings. The van der Waals surface area contributed by atoms with Gasteiger partial charge in [-0.05, 0) is 13.3 Å². The maximum atomic E-state index is 8.72. The quantitative estimate of drug-likeness (QED) is 0.746. The van der Waals surface area contributed by atoms with Gasteiger partial charge in [-0.2, -0.15) is 4.98 Å². The molecule has 2 aromatic heterocycles. The first kappa shape index (κ1) is 11.5. The highest BCUT2D eigenvalue weighted by Crippen LogP contribution is 2.09. The number of aromatic nitrogens is 4. The predicted octanol–water partition coefficient (Wildman–Crippen LogP) is 0.765. The Morgan fingerprint density at radius 2 is 2.29 bits per heavy atom. The Kier molecular flexibility index (Phi) is 3.66. The number of hydrogen-bond donors (Lipinski definition) is 2. The summed E-state index contributed by atoms with van der Waals surface area (Å²) in [5, 5.41) is 11.9. The van der Waals surface area contributed by atoms with Gasteiger partial charge in [-0.1, -0.05) is 0 Å². The van der Waals surface area contributed by atoms with Gasteiger partial charge < -0.3 is 10.4 Å². The fourth-order valence-corrected chi connectivity index (χ4v) is 1.43. The van der Waals surface area contributed by atoms with E-state index >= 15 is 0 Å². The van der Waals surface area contributed by atoms with Crippen molar-refractivity contribution < 1.29 is 5.11 Å². The summed E-state index contributed by atoms with van der Waals surface area (Å²) in [7, 11) is 0. The van der Waals surface area contributed by atoms with Gasteiger partial charge in [0.1, 0.15) is 12.1 Å². The van der Waals surface area contributed by atoms with Gasteiger partial charge in [0.2, 0.25) is 5.95 Å². The molecule has 6 nitrogen and oxygen atoms in total. The molecule has 0 unspecified atom stereocenters. The maximum Gasteiger partial charge on any atom is 0.237 e. The van der Waals surface area contributed by atoms with Crippen LogP contribution in [0, 0.1) is 6.92 Å². The van der Waals surface area contributed by atoms with Crippen LogP contribution in [0.4, 0.5) is 5.82 Å². The van der Waals surface area contributed by atoms with Crippen molar-refractivity contribution in [2.75, 3.05) is 18.5 Å². The smallest absolute Gasteiger partial charge is 0.237 e. The Bertz CT molecular complexity index is 469. The third kappa shape index (κ3) is 3.01. The van der Waals surface area contributed by atoms with Gasteiger partial charge in [0.05, 0.1) is 0 Å². The van der Waals surface area contributed by atoms with Crippen LogP contribution in [0.5, 0.6) is 0 Å². The molecule has 0 amide bonds. The molecule has 2 rings (SSSR count). The first-order chi connectivity index (χ1) is 8.29. The Balaban J connectivity index is 2.18. The summed E-state index contributed by atoms with van der Waals surface area (Å²) in [4.78, 5) is 12.7. The third-order valence-corrected chi connectivity index (χ3v) is 2.22. The number of anilines is 1. The molecule has 0 fully saturated rings. The van der Waals surface area contributed by atoms with Crippen LogP contribution in [0.3, 0.4) is 0 Å². The summed E-state index contributed by atoms with van der Waals surface area (Å²) in [6, 6.07) is 1.87. The number of hydrogen-bond acceptors (Lipinski definition) is 5. The number of aliphatic hydroxyl groups excluding tert-OH is 1. The van der Waals surface area contributed by atoms with Crippen LogP contribution in [0.2, 0.25) is 0 Å². The lowest BCUT2D eigenvalue weighted by atomic mass is 10.4. The van der Waals surface area contributed by atoms with E-state index in [1.165, 1.54) is 0 Å². The zero-order valence-corrected chi connectivity index (χ0v) is 9.67. The molecule has 0 aliphatic carbocycles. The summed E-state index contributed by atoms with van der Waals surface area (Å²) in [6.45, 7) is 2.78. The molecule has 17 heavy (non-hydrogen) atoms. The van der Waals surface area contributed by atoms with Crippen molar-refractivity contribution >= 4 is 5.82 Å². The first-order valence-electron chi connectivity index (χ1n) is 5.48. The van der Waals surface area contributed by atoms with E-state index in [4.69, 9.17) is 5.11 Å². The Labute approximate surface area is 99.4 Å². The number of imidazole rings is 1. The van der Waals surface area contributed by atoms with Crippen LogP contribution in [-0.4, -0.2) is 37.8 Å². The number of nitrogens with one attached hydrogen (secondary N) is 1. The largest absolute Gasteiger partial charge is 0.396 e. The molecule has 0 aromatic carbocycles. The molecule has 0 saturated heterocycles. The Morgan fingerprint density at radius 1 is 1.41 bits per heavy atom. The van der Waals surface area contributed by atoms with E-state index < -0.39 is 0 Å². The molecule has 6 heteroatoms. The van der Waals surface area contributed by atoms with E-state index in [9.17, 15) is 0 Å². The topological polar surface area (TPSA) is 75.9 Å². The van der Waals surface area contributed by atoms with Crippen LogP contribution in [0.15, 0.2) is 24.8 Å². The number of aryl methyl sites for hydroxylation is 1. The van der Waals surface area contributed by atoms with E-state index in [2.05, 4.69) is 20.3 Å². The number of aliphatic hydroxyl groups is 1. The molecule has 0 saturated carbocycles.